The number of carbonyl (C=O) groups excluding carboxylic acids is 1. The van der Waals surface area contributed by atoms with Gasteiger partial charge in [0.25, 0.3) is 0 Å². The lowest BCUT2D eigenvalue weighted by Crippen LogP contribution is -2.01. The molecule has 8 heteroatoms. The molecule has 0 saturated carbocycles. The van der Waals surface area contributed by atoms with Gasteiger partial charge in [0.05, 0.1) is 25.5 Å². The molecular formula is C14H12Cl2N2O3S. The zero-order chi connectivity index (χ0) is 16.1. The van der Waals surface area contributed by atoms with Gasteiger partial charge in [-0.2, -0.15) is 9.97 Å². The van der Waals surface area contributed by atoms with Gasteiger partial charge in [0.1, 0.15) is 6.29 Å². The number of hydrogen-bond donors (Lipinski definition) is 0. The predicted molar refractivity (Wildman–Crippen MR) is 86.3 cm³/mol. The van der Waals surface area contributed by atoms with Crippen LogP contribution in [0.3, 0.4) is 0 Å². The van der Waals surface area contributed by atoms with E-state index < -0.39 is 5.25 Å². The van der Waals surface area contributed by atoms with Gasteiger partial charge in [-0.1, -0.05) is 41.0 Å². The Labute approximate surface area is 142 Å². The minimum Gasteiger partial charge on any atom is -0.481 e. The van der Waals surface area contributed by atoms with E-state index in [0.29, 0.717) is 32.5 Å². The van der Waals surface area contributed by atoms with Crippen LogP contribution in [0, 0.1) is 0 Å². The maximum atomic E-state index is 11.4. The van der Waals surface area contributed by atoms with Crippen LogP contribution < -0.4 is 9.47 Å². The summed E-state index contributed by atoms with van der Waals surface area (Å²) in [5, 5.41) is 0.690. The highest BCUT2D eigenvalue weighted by atomic mass is 35.5. The number of ether oxygens (including phenoxy) is 2. The smallest absolute Gasteiger partial charge is 0.220 e. The van der Waals surface area contributed by atoms with Crippen molar-refractivity contribution in [1.29, 1.82) is 0 Å². The van der Waals surface area contributed by atoms with Crippen LogP contribution in [-0.4, -0.2) is 30.5 Å². The average Bonchev–Trinajstić information content (AvgIpc) is 2.52. The third-order valence-corrected chi connectivity index (χ3v) is 4.28. The molecule has 0 amide bonds. The molecule has 1 atom stereocenters. The Kier molecular flexibility index (Phi) is 5.88. The van der Waals surface area contributed by atoms with Crippen LogP contribution in [0.2, 0.25) is 10.0 Å². The molecule has 5 nitrogen and oxygen atoms in total. The van der Waals surface area contributed by atoms with Crippen molar-refractivity contribution in [2.24, 2.45) is 0 Å². The van der Waals surface area contributed by atoms with E-state index in [1.165, 1.54) is 14.2 Å². The Balaban J connectivity index is 2.32. The van der Waals surface area contributed by atoms with Crippen LogP contribution in [0.1, 0.15) is 10.8 Å². The number of halogens is 2. The molecule has 116 valence electrons. The second kappa shape index (κ2) is 7.67. The van der Waals surface area contributed by atoms with Crippen molar-refractivity contribution in [2.45, 2.75) is 10.4 Å². The number of aromatic nitrogens is 2. The Morgan fingerprint density at radius 3 is 2.27 bits per heavy atom. The SMILES string of the molecule is COc1cc(OC)nc(SC(C=O)c2ccc(Cl)cc2Cl)n1. The molecule has 22 heavy (non-hydrogen) atoms. The molecule has 2 aromatic rings. The van der Waals surface area contributed by atoms with Crippen molar-refractivity contribution in [3.63, 3.8) is 0 Å². The first-order chi connectivity index (χ1) is 10.6. The lowest BCUT2D eigenvalue weighted by molar-refractivity contribution is -0.107. The van der Waals surface area contributed by atoms with Gasteiger partial charge in [-0.05, 0) is 17.7 Å². The van der Waals surface area contributed by atoms with E-state index in [1.807, 2.05) is 0 Å². The maximum absolute atomic E-state index is 11.4. The van der Waals surface area contributed by atoms with Crippen molar-refractivity contribution < 1.29 is 14.3 Å². The Bertz CT molecular complexity index is 663. The average molecular weight is 359 g/mol. The topological polar surface area (TPSA) is 61.3 Å². The van der Waals surface area contributed by atoms with Crippen LogP contribution in [0.15, 0.2) is 29.4 Å². The van der Waals surface area contributed by atoms with E-state index in [-0.39, 0.29) is 0 Å². The number of aldehydes is 1. The Morgan fingerprint density at radius 2 is 1.77 bits per heavy atom. The molecule has 0 spiro atoms. The fourth-order valence-electron chi connectivity index (χ4n) is 1.66. The normalized spacial score (nSPS) is 11.8. The summed E-state index contributed by atoms with van der Waals surface area (Å²) in [7, 11) is 2.98. The molecule has 0 saturated heterocycles. The fraction of sp³-hybridized carbons (Fsp3) is 0.214. The Hall–Kier alpha value is -1.50. The molecule has 0 radical (unpaired) electrons. The summed E-state index contributed by atoms with van der Waals surface area (Å²) in [5.41, 5.74) is 0.636. The van der Waals surface area contributed by atoms with Crippen LogP contribution in [0.4, 0.5) is 0 Å². The third kappa shape index (κ3) is 4.03. The zero-order valence-electron chi connectivity index (χ0n) is 11.7. The highest BCUT2D eigenvalue weighted by Crippen LogP contribution is 2.37. The van der Waals surface area contributed by atoms with Crippen molar-refractivity contribution in [3.8, 4) is 11.8 Å². The molecule has 2 rings (SSSR count). The number of carbonyl (C=O) groups is 1. The van der Waals surface area contributed by atoms with Gasteiger partial charge in [0.2, 0.25) is 11.8 Å². The third-order valence-electron chi connectivity index (χ3n) is 2.70. The summed E-state index contributed by atoms with van der Waals surface area (Å²) in [5.74, 6) is 0.697. The first-order valence-corrected chi connectivity index (χ1v) is 7.75. The van der Waals surface area contributed by atoms with Crippen molar-refractivity contribution in [2.75, 3.05) is 14.2 Å². The van der Waals surface area contributed by atoms with Gasteiger partial charge in [0, 0.05) is 10.0 Å². The second-order valence-electron chi connectivity index (χ2n) is 4.08. The minimum absolute atomic E-state index is 0.347. The Morgan fingerprint density at radius 1 is 1.14 bits per heavy atom. The fourth-order valence-corrected chi connectivity index (χ4v) is 3.15. The number of nitrogens with zero attached hydrogens (tertiary/aromatic N) is 2. The van der Waals surface area contributed by atoms with E-state index in [0.717, 1.165) is 18.0 Å². The molecule has 0 aliphatic rings. The van der Waals surface area contributed by atoms with Gasteiger partial charge >= 0.3 is 0 Å². The summed E-state index contributed by atoms with van der Waals surface area (Å²) >= 11 is 13.1. The minimum atomic E-state index is -0.568. The molecule has 0 fully saturated rings. The highest BCUT2D eigenvalue weighted by molar-refractivity contribution is 8.00. The van der Waals surface area contributed by atoms with Gasteiger partial charge < -0.3 is 14.3 Å². The molecule has 1 aromatic carbocycles. The summed E-state index contributed by atoms with van der Waals surface area (Å²) in [6, 6.07) is 6.51. The van der Waals surface area contributed by atoms with E-state index in [2.05, 4.69) is 9.97 Å². The molecule has 1 heterocycles. The molecular weight excluding hydrogens is 347 g/mol. The van der Waals surface area contributed by atoms with Crippen LogP contribution >= 0.6 is 35.0 Å². The van der Waals surface area contributed by atoms with E-state index >= 15 is 0 Å². The predicted octanol–water partition coefficient (Wildman–Crippen LogP) is 3.83. The van der Waals surface area contributed by atoms with Crippen molar-refractivity contribution in [3.05, 3.63) is 39.9 Å². The van der Waals surface area contributed by atoms with E-state index in [9.17, 15) is 4.79 Å². The molecule has 0 bridgehead atoms. The molecule has 1 unspecified atom stereocenters. The van der Waals surface area contributed by atoms with Gasteiger partial charge in [-0.3, -0.25) is 0 Å². The van der Waals surface area contributed by atoms with Crippen LogP contribution in [-0.2, 0) is 4.79 Å². The monoisotopic (exact) mass is 358 g/mol. The lowest BCUT2D eigenvalue weighted by Gasteiger charge is -2.12. The first-order valence-electron chi connectivity index (χ1n) is 6.11. The molecule has 0 aliphatic carbocycles. The number of methoxy groups -OCH3 is 2. The standard InChI is InChI=1S/C14H12Cl2N2O3S/c1-20-12-6-13(21-2)18-14(17-12)22-11(7-19)9-4-3-8(15)5-10(9)16/h3-7,11H,1-2H3. The van der Waals surface area contributed by atoms with Gasteiger partial charge in [-0.25, -0.2) is 0 Å². The van der Waals surface area contributed by atoms with Crippen LogP contribution in [0.25, 0.3) is 0 Å². The number of benzene rings is 1. The number of rotatable bonds is 6. The van der Waals surface area contributed by atoms with Crippen molar-refractivity contribution >= 4 is 41.2 Å². The number of hydrogen-bond acceptors (Lipinski definition) is 6. The van der Waals surface area contributed by atoms with E-state index in [1.54, 1.807) is 24.3 Å². The molecule has 0 N–H and O–H groups in total. The maximum Gasteiger partial charge on any atom is 0.220 e. The van der Waals surface area contributed by atoms with Crippen LogP contribution in [0.5, 0.6) is 11.8 Å². The van der Waals surface area contributed by atoms with E-state index in [4.69, 9.17) is 32.7 Å². The molecule has 0 aliphatic heterocycles. The summed E-state index contributed by atoms with van der Waals surface area (Å²) in [6.07, 6.45) is 0.773. The highest BCUT2D eigenvalue weighted by Gasteiger charge is 2.18. The van der Waals surface area contributed by atoms with Crippen molar-refractivity contribution in [1.82, 2.24) is 9.97 Å². The van der Waals surface area contributed by atoms with Gasteiger partial charge in [-0.15, -0.1) is 0 Å². The summed E-state index contributed by atoms with van der Waals surface area (Å²) in [4.78, 5) is 19.8. The van der Waals surface area contributed by atoms with Gasteiger partial charge in [0.15, 0.2) is 5.16 Å². The number of thioether (sulfide) groups is 1. The lowest BCUT2D eigenvalue weighted by atomic mass is 10.1. The second-order valence-corrected chi connectivity index (χ2v) is 6.03. The summed E-state index contributed by atoms with van der Waals surface area (Å²) < 4.78 is 10.2. The first kappa shape index (κ1) is 16.9. The zero-order valence-corrected chi connectivity index (χ0v) is 14.1. The summed E-state index contributed by atoms with van der Waals surface area (Å²) in [6.45, 7) is 0. The largest absolute Gasteiger partial charge is 0.481 e. The molecule has 1 aromatic heterocycles. The quantitative estimate of drug-likeness (QED) is 0.444.